The van der Waals surface area contributed by atoms with E-state index in [9.17, 15) is 0 Å². The van der Waals surface area contributed by atoms with Crippen LogP contribution in [0.15, 0.2) is 73.2 Å². The molecule has 2 aromatic carbocycles. The van der Waals surface area contributed by atoms with E-state index >= 15 is 0 Å². The molecule has 3 heteroatoms. The molecule has 0 aliphatic heterocycles. The van der Waals surface area contributed by atoms with Crippen LogP contribution in [0, 0.1) is 0 Å². The van der Waals surface area contributed by atoms with Crippen molar-refractivity contribution in [2.24, 2.45) is 0 Å². The molecular formula is C17H14N2O. The van der Waals surface area contributed by atoms with Gasteiger partial charge in [-0.25, -0.2) is 0 Å². The van der Waals surface area contributed by atoms with Crippen LogP contribution in [0.25, 0.3) is 0 Å². The molecule has 98 valence electrons. The third-order valence-corrected chi connectivity index (χ3v) is 2.93. The number of aromatic nitrogens is 2. The van der Waals surface area contributed by atoms with Gasteiger partial charge in [-0.2, -0.15) is 0 Å². The lowest BCUT2D eigenvalue weighted by Gasteiger charge is -2.10. The van der Waals surface area contributed by atoms with Gasteiger partial charge >= 0.3 is 0 Å². The predicted octanol–water partition coefficient (Wildman–Crippen LogP) is 3.86. The summed E-state index contributed by atoms with van der Waals surface area (Å²) < 4.78 is 5.93. The third-order valence-electron chi connectivity index (χ3n) is 2.93. The van der Waals surface area contributed by atoms with Crippen LogP contribution in [0.4, 0.5) is 0 Å². The van der Waals surface area contributed by atoms with Crippen molar-refractivity contribution >= 4 is 0 Å². The fourth-order valence-corrected chi connectivity index (χ4v) is 1.98. The second-order valence-corrected chi connectivity index (χ2v) is 4.40. The molecule has 0 N–H and O–H groups in total. The van der Waals surface area contributed by atoms with Crippen LogP contribution in [0.5, 0.6) is 11.5 Å². The number of benzene rings is 2. The average molecular weight is 262 g/mol. The highest BCUT2D eigenvalue weighted by Crippen LogP contribution is 2.26. The van der Waals surface area contributed by atoms with Gasteiger partial charge in [0, 0.05) is 30.6 Å². The molecule has 3 rings (SSSR count). The molecule has 0 radical (unpaired) electrons. The Labute approximate surface area is 117 Å². The van der Waals surface area contributed by atoms with Crippen molar-refractivity contribution in [3.8, 4) is 11.5 Å². The molecule has 0 bridgehead atoms. The van der Waals surface area contributed by atoms with Crippen molar-refractivity contribution in [1.29, 1.82) is 0 Å². The number of rotatable bonds is 4. The predicted molar refractivity (Wildman–Crippen MR) is 77.8 cm³/mol. The molecule has 0 fully saturated rings. The summed E-state index contributed by atoms with van der Waals surface area (Å²) in [5, 5.41) is 0. The number of nitrogens with zero attached hydrogens (tertiary/aromatic N) is 2. The van der Waals surface area contributed by atoms with E-state index in [0.29, 0.717) is 6.42 Å². The Morgan fingerprint density at radius 2 is 1.65 bits per heavy atom. The normalized spacial score (nSPS) is 10.2. The highest BCUT2D eigenvalue weighted by atomic mass is 16.5. The van der Waals surface area contributed by atoms with Gasteiger partial charge in [-0.3, -0.25) is 9.97 Å². The summed E-state index contributed by atoms with van der Waals surface area (Å²) in [5.41, 5.74) is 2.02. The zero-order valence-corrected chi connectivity index (χ0v) is 10.9. The Hall–Kier alpha value is -2.68. The summed E-state index contributed by atoms with van der Waals surface area (Å²) in [5.74, 6) is 1.68. The van der Waals surface area contributed by atoms with Crippen LogP contribution in [-0.4, -0.2) is 9.97 Å². The topological polar surface area (TPSA) is 35.0 Å². The van der Waals surface area contributed by atoms with Crippen molar-refractivity contribution in [2.75, 3.05) is 0 Å². The molecule has 0 amide bonds. The first kappa shape index (κ1) is 12.4. The van der Waals surface area contributed by atoms with Crippen LogP contribution in [0.1, 0.15) is 11.3 Å². The van der Waals surface area contributed by atoms with Crippen molar-refractivity contribution < 1.29 is 4.74 Å². The van der Waals surface area contributed by atoms with Gasteiger partial charge in [0.1, 0.15) is 11.5 Å². The Kier molecular flexibility index (Phi) is 3.69. The maximum absolute atomic E-state index is 5.93. The molecule has 0 unspecified atom stereocenters. The molecule has 1 aromatic heterocycles. The summed E-state index contributed by atoms with van der Waals surface area (Å²) in [6.45, 7) is 0. The van der Waals surface area contributed by atoms with Gasteiger partial charge in [0.2, 0.25) is 0 Å². The fraction of sp³-hybridized carbons (Fsp3) is 0.0588. The van der Waals surface area contributed by atoms with Crippen molar-refractivity contribution in [2.45, 2.75) is 6.42 Å². The number of hydrogen-bond donors (Lipinski definition) is 0. The molecule has 3 nitrogen and oxygen atoms in total. The molecule has 0 aliphatic carbocycles. The van der Waals surface area contributed by atoms with Crippen LogP contribution >= 0.6 is 0 Å². The zero-order chi connectivity index (χ0) is 13.6. The first-order valence-electron chi connectivity index (χ1n) is 6.47. The summed E-state index contributed by atoms with van der Waals surface area (Å²) in [6, 6.07) is 17.8. The van der Waals surface area contributed by atoms with E-state index in [2.05, 4.69) is 9.97 Å². The number of ether oxygens (including phenoxy) is 1. The van der Waals surface area contributed by atoms with Gasteiger partial charge in [0.25, 0.3) is 0 Å². The SMILES string of the molecule is c1ccc(Oc2ccccc2Cc2cnccn2)cc1. The molecule has 0 atom stereocenters. The van der Waals surface area contributed by atoms with E-state index in [4.69, 9.17) is 4.74 Å². The van der Waals surface area contributed by atoms with E-state index in [-0.39, 0.29) is 0 Å². The van der Waals surface area contributed by atoms with E-state index in [1.54, 1.807) is 18.6 Å². The maximum atomic E-state index is 5.93. The zero-order valence-electron chi connectivity index (χ0n) is 10.9. The fourth-order valence-electron chi connectivity index (χ4n) is 1.98. The molecule has 0 aliphatic rings. The minimum atomic E-state index is 0.705. The lowest BCUT2D eigenvalue weighted by atomic mass is 10.1. The van der Waals surface area contributed by atoms with Crippen LogP contribution in [-0.2, 0) is 6.42 Å². The van der Waals surface area contributed by atoms with Crippen LogP contribution in [0.3, 0.4) is 0 Å². The highest BCUT2D eigenvalue weighted by Gasteiger charge is 2.06. The maximum Gasteiger partial charge on any atom is 0.131 e. The standard InChI is InChI=1S/C17H14N2O/c1-2-7-16(8-3-1)20-17-9-5-4-6-14(17)12-15-13-18-10-11-19-15/h1-11,13H,12H2. The lowest BCUT2D eigenvalue weighted by molar-refractivity contribution is 0.477. The molecule has 0 spiro atoms. The Balaban J connectivity index is 1.85. The summed E-state index contributed by atoms with van der Waals surface area (Å²) in [7, 11) is 0. The van der Waals surface area contributed by atoms with Gasteiger partial charge < -0.3 is 4.74 Å². The van der Waals surface area contributed by atoms with Gasteiger partial charge in [-0.15, -0.1) is 0 Å². The van der Waals surface area contributed by atoms with Gasteiger partial charge in [-0.1, -0.05) is 36.4 Å². The lowest BCUT2D eigenvalue weighted by Crippen LogP contribution is -1.96. The van der Waals surface area contributed by atoms with Gasteiger partial charge in [0.05, 0.1) is 5.69 Å². The minimum absolute atomic E-state index is 0.705. The summed E-state index contributed by atoms with van der Waals surface area (Å²) in [4.78, 5) is 8.40. The summed E-state index contributed by atoms with van der Waals surface area (Å²) in [6.07, 6.45) is 5.86. The average Bonchev–Trinajstić information content (AvgIpc) is 2.51. The van der Waals surface area contributed by atoms with Crippen LogP contribution in [0.2, 0.25) is 0 Å². The van der Waals surface area contributed by atoms with E-state index in [1.165, 1.54) is 0 Å². The van der Waals surface area contributed by atoms with E-state index < -0.39 is 0 Å². The highest BCUT2D eigenvalue weighted by molar-refractivity contribution is 5.39. The first-order valence-corrected chi connectivity index (χ1v) is 6.47. The molecule has 20 heavy (non-hydrogen) atoms. The largest absolute Gasteiger partial charge is 0.457 e. The van der Waals surface area contributed by atoms with Crippen molar-refractivity contribution in [1.82, 2.24) is 9.97 Å². The first-order chi connectivity index (χ1) is 9.92. The summed E-state index contributed by atoms with van der Waals surface area (Å²) >= 11 is 0. The molecule has 1 heterocycles. The van der Waals surface area contributed by atoms with E-state index in [1.807, 2.05) is 54.6 Å². The molecule has 3 aromatic rings. The second-order valence-electron chi connectivity index (χ2n) is 4.40. The minimum Gasteiger partial charge on any atom is -0.457 e. The van der Waals surface area contributed by atoms with E-state index in [0.717, 1.165) is 22.8 Å². The molecular weight excluding hydrogens is 248 g/mol. The quantitative estimate of drug-likeness (QED) is 0.716. The smallest absolute Gasteiger partial charge is 0.131 e. The number of hydrogen-bond acceptors (Lipinski definition) is 3. The van der Waals surface area contributed by atoms with Crippen molar-refractivity contribution in [3.05, 3.63) is 84.4 Å². The van der Waals surface area contributed by atoms with Gasteiger partial charge in [0.15, 0.2) is 0 Å². The second kappa shape index (κ2) is 5.97. The van der Waals surface area contributed by atoms with Crippen molar-refractivity contribution in [3.63, 3.8) is 0 Å². The van der Waals surface area contributed by atoms with Crippen LogP contribution < -0.4 is 4.74 Å². The monoisotopic (exact) mass is 262 g/mol. The third kappa shape index (κ3) is 3.01. The number of para-hydroxylation sites is 2. The Morgan fingerprint density at radius 1 is 0.850 bits per heavy atom. The van der Waals surface area contributed by atoms with Gasteiger partial charge in [-0.05, 0) is 18.2 Å². The molecule has 0 saturated carbocycles. The molecule has 0 saturated heterocycles. The Bertz CT molecular complexity index is 608. The Morgan fingerprint density at radius 3 is 2.45 bits per heavy atom.